The second-order valence-corrected chi connectivity index (χ2v) is 11.4. The number of carbonyl (C=O) groups is 2. The Morgan fingerprint density at radius 2 is 1.58 bits per heavy atom. The molecule has 0 spiro atoms. The standard InChI is InChI=1S/C30H37N3O4S/c1-5-6-19-31-30(35)25(4)32(21-26-17-15-23(2)16-18-26)29(34)22-33(27-12-10-11-24(3)20-27)38(36,37)28-13-8-7-9-14-28/h7-18,20,25H,5-6,19,21-22H2,1-4H3,(H,31,35)/t25-/m0/s1. The highest BCUT2D eigenvalue weighted by atomic mass is 32.2. The van der Waals surface area contributed by atoms with E-state index in [1.54, 1.807) is 43.3 Å². The molecule has 0 unspecified atom stereocenters. The first-order chi connectivity index (χ1) is 18.1. The van der Waals surface area contributed by atoms with Gasteiger partial charge in [-0.15, -0.1) is 0 Å². The SMILES string of the molecule is CCCCNC(=O)[C@H](C)N(Cc1ccc(C)cc1)C(=O)CN(c1cccc(C)c1)S(=O)(=O)c1ccccc1. The molecule has 0 saturated carbocycles. The Labute approximate surface area is 226 Å². The van der Waals surface area contributed by atoms with Crippen molar-refractivity contribution in [3.05, 3.63) is 95.6 Å². The van der Waals surface area contributed by atoms with Crippen molar-refractivity contribution in [2.75, 3.05) is 17.4 Å². The smallest absolute Gasteiger partial charge is 0.264 e. The quantitative estimate of drug-likeness (QED) is 0.337. The second kappa shape index (κ2) is 13.2. The van der Waals surface area contributed by atoms with Crippen molar-refractivity contribution in [1.82, 2.24) is 10.2 Å². The van der Waals surface area contributed by atoms with Gasteiger partial charge in [-0.05, 0) is 62.6 Å². The summed E-state index contributed by atoms with van der Waals surface area (Å²) in [6, 6.07) is 22.0. The monoisotopic (exact) mass is 535 g/mol. The Balaban J connectivity index is 1.98. The van der Waals surface area contributed by atoms with Gasteiger partial charge in [0.2, 0.25) is 11.8 Å². The minimum Gasteiger partial charge on any atom is -0.354 e. The fourth-order valence-electron chi connectivity index (χ4n) is 4.04. The van der Waals surface area contributed by atoms with Crippen LogP contribution in [0, 0.1) is 13.8 Å². The maximum Gasteiger partial charge on any atom is 0.264 e. The molecule has 0 aliphatic rings. The van der Waals surface area contributed by atoms with E-state index in [4.69, 9.17) is 0 Å². The van der Waals surface area contributed by atoms with E-state index in [1.807, 2.05) is 51.1 Å². The van der Waals surface area contributed by atoms with E-state index in [9.17, 15) is 18.0 Å². The maximum atomic E-state index is 13.9. The molecule has 3 aromatic rings. The molecule has 8 heteroatoms. The molecule has 0 fully saturated rings. The molecular formula is C30H37N3O4S. The predicted molar refractivity (Wildman–Crippen MR) is 151 cm³/mol. The van der Waals surface area contributed by atoms with E-state index in [-0.39, 0.29) is 17.3 Å². The van der Waals surface area contributed by atoms with Gasteiger partial charge < -0.3 is 10.2 Å². The van der Waals surface area contributed by atoms with Crippen LogP contribution in [-0.2, 0) is 26.2 Å². The molecule has 0 radical (unpaired) electrons. The Morgan fingerprint density at radius 3 is 2.21 bits per heavy atom. The minimum absolute atomic E-state index is 0.0877. The van der Waals surface area contributed by atoms with Gasteiger partial charge in [0, 0.05) is 13.1 Å². The Bertz CT molecular complexity index is 1330. The average molecular weight is 536 g/mol. The van der Waals surface area contributed by atoms with Crippen LogP contribution in [0.1, 0.15) is 43.4 Å². The molecular weight excluding hydrogens is 498 g/mol. The van der Waals surface area contributed by atoms with Crippen molar-refractivity contribution < 1.29 is 18.0 Å². The minimum atomic E-state index is -4.06. The summed E-state index contributed by atoms with van der Waals surface area (Å²) in [4.78, 5) is 28.4. The van der Waals surface area contributed by atoms with Gasteiger partial charge in [0.05, 0.1) is 10.6 Å². The fraction of sp³-hybridized carbons (Fsp3) is 0.333. The molecule has 0 saturated heterocycles. The highest BCUT2D eigenvalue weighted by Gasteiger charge is 2.32. The van der Waals surface area contributed by atoms with E-state index < -0.39 is 28.5 Å². The summed E-state index contributed by atoms with van der Waals surface area (Å²) in [6.45, 7) is 7.80. The van der Waals surface area contributed by atoms with E-state index in [1.165, 1.54) is 17.0 Å². The maximum absolute atomic E-state index is 13.9. The molecule has 7 nitrogen and oxygen atoms in total. The molecule has 2 amide bonds. The van der Waals surface area contributed by atoms with Crippen LogP contribution in [0.25, 0.3) is 0 Å². The first kappa shape index (κ1) is 28.9. The highest BCUT2D eigenvalue weighted by molar-refractivity contribution is 7.92. The highest BCUT2D eigenvalue weighted by Crippen LogP contribution is 2.25. The molecule has 3 rings (SSSR count). The van der Waals surface area contributed by atoms with Gasteiger partial charge in [-0.2, -0.15) is 0 Å². The third kappa shape index (κ3) is 7.44. The lowest BCUT2D eigenvalue weighted by Gasteiger charge is -2.32. The summed E-state index contributed by atoms with van der Waals surface area (Å²) in [5.74, 6) is -0.739. The number of amides is 2. The number of carbonyl (C=O) groups excluding carboxylic acids is 2. The number of benzene rings is 3. The Hall–Kier alpha value is -3.65. The van der Waals surface area contributed by atoms with E-state index in [2.05, 4.69) is 5.32 Å². The number of unbranched alkanes of at least 4 members (excludes halogenated alkanes) is 1. The fourth-order valence-corrected chi connectivity index (χ4v) is 5.47. The van der Waals surface area contributed by atoms with E-state index in [0.717, 1.165) is 33.8 Å². The van der Waals surface area contributed by atoms with Gasteiger partial charge >= 0.3 is 0 Å². The lowest BCUT2D eigenvalue weighted by atomic mass is 10.1. The summed E-state index contributed by atoms with van der Waals surface area (Å²) < 4.78 is 28.6. The summed E-state index contributed by atoms with van der Waals surface area (Å²) >= 11 is 0. The number of aryl methyl sites for hydroxylation is 2. The molecule has 0 aromatic heterocycles. The van der Waals surface area contributed by atoms with Crippen molar-refractivity contribution in [3.63, 3.8) is 0 Å². The van der Waals surface area contributed by atoms with Gasteiger partial charge in [-0.25, -0.2) is 8.42 Å². The second-order valence-electron chi connectivity index (χ2n) is 9.49. The third-order valence-corrected chi connectivity index (χ3v) is 8.16. The van der Waals surface area contributed by atoms with E-state index >= 15 is 0 Å². The summed E-state index contributed by atoms with van der Waals surface area (Å²) in [7, 11) is -4.06. The van der Waals surface area contributed by atoms with Crippen LogP contribution in [-0.4, -0.2) is 44.3 Å². The predicted octanol–water partition coefficient (Wildman–Crippen LogP) is 4.83. The zero-order valence-corrected chi connectivity index (χ0v) is 23.4. The Kier molecular flexibility index (Phi) is 10.1. The third-order valence-electron chi connectivity index (χ3n) is 6.37. The first-order valence-corrected chi connectivity index (χ1v) is 14.3. The lowest BCUT2D eigenvalue weighted by molar-refractivity contribution is -0.139. The molecule has 1 atom stereocenters. The van der Waals surface area contributed by atoms with Crippen LogP contribution >= 0.6 is 0 Å². The average Bonchev–Trinajstić information content (AvgIpc) is 2.91. The molecule has 0 bridgehead atoms. The van der Waals surface area contributed by atoms with Crippen LogP contribution < -0.4 is 9.62 Å². The van der Waals surface area contributed by atoms with Crippen molar-refractivity contribution in [2.45, 2.75) is 58.0 Å². The number of nitrogens with one attached hydrogen (secondary N) is 1. The molecule has 0 aliphatic heterocycles. The van der Waals surface area contributed by atoms with Gasteiger partial charge in [-0.3, -0.25) is 13.9 Å². The first-order valence-electron chi connectivity index (χ1n) is 12.9. The van der Waals surface area contributed by atoms with E-state index in [0.29, 0.717) is 12.2 Å². The topological polar surface area (TPSA) is 86.8 Å². The number of anilines is 1. The molecule has 0 aliphatic carbocycles. The van der Waals surface area contributed by atoms with Crippen LogP contribution in [0.2, 0.25) is 0 Å². The van der Waals surface area contributed by atoms with Crippen molar-refractivity contribution in [2.24, 2.45) is 0 Å². The summed E-state index contributed by atoms with van der Waals surface area (Å²) in [6.07, 6.45) is 1.77. The number of sulfonamides is 1. The van der Waals surface area contributed by atoms with Crippen LogP contribution in [0.3, 0.4) is 0 Å². The van der Waals surface area contributed by atoms with Crippen molar-refractivity contribution in [3.8, 4) is 0 Å². The lowest BCUT2D eigenvalue weighted by Crippen LogP contribution is -2.51. The number of rotatable bonds is 12. The zero-order valence-electron chi connectivity index (χ0n) is 22.6. The molecule has 38 heavy (non-hydrogen) atoms. The van der Waals surface area contributed by atoms with Gasteiger partial charge in [0.1, 0.15) is 12.6 Å². The van der Waals surface area contributed by atoms with Crippen LogP contribution in [0.15, 0.2) is 83.8 Å². The van der Waals surface area contributed by atoms with Crippen molar-refractivity contribution in [1.29, 1.82) is 0 Å². The Morgan fingerprint density at radius 1 is 0.895 bits per heavy atom. The van der Waals surface area contributed by atoms with Gasteiger partial charge in [-0.1, -0.05) is 73.5 Å². The zero-order chi connectivity index (χ0) is 27.7. The molecule has 0 heterocycles. The summed E-state index contributed by atoms with van der Waals surface area (Å²) in [5.41, 5.74) is 3.18. The molecule has 1 N–H and O–H groups in total. The summed E-state index contributed by atoms with van der Waals surface area (Å²) in [5, 5.41) is 2.90. The largest absolute Gasteiger partial charge is 0.354 e. The van der Waals surface area contributed by atoms with Gasteiger partial charge in [0.25, 0.3) is 10.0 Å². The molecule has 3 aromatic carbocycles. The van der Waals surface area contributed by atoms with Gasteiger partial charge in [0.15, 0.2) is 0 Å². The number of hydrogen-bond donors (Lipinski definition) is 1. The molecule has 202 valence electrons. The number of hydrogen-bond acceptors (Lipinski definition) is 4. The normalized spacial score (nSPS) is 12.0. The van der Waals surface area contributed by atoms with Crippen LogP contribution in [0.5, 0.6) is 0 Å². The van der Waals surface area contributed by atoms with Crippen LogP contribution in [0.4, 0.5) is 5.69 Å². The van der Waals surface area contributed by atoms with Crippen molar-refractivity contribution >= 4 is 27.5 Å². The number of nitrogens with zero attached hydrogens (tertiary/aromatic N) is 2.